The summed E-state index contributed by atoms with van der Waals surface area (Å²) in [6.07, 6.45) is -5.69. The van der Waals surface area contributed by atoms with Gasteiger partial charge in [0.2, 0.25) is 0 Å². The Morgan fingerprint density at radius 2 is 1.96 bits per heavy atom. The van der Waals surface area contributed by atoms with Crippen LogP contribution in [0.3, 0.4) is 0 Å². The lowest BCUT2D eigenvalue weighted by Crippen LogP contribution is -2.25. The van der Waals surface area contributed by atoms with Crippen LogP contribution in [0.15, 0.2) is 17.4 Å². The first-order valence-electron chi connectivity index (χ1n) is 8.11. The van der Waals surface area contributed by atoms with Gasteiger partial charge in [0.1, 0.15) is 18.8 Å². The van der Waals surface area contributed by atoms with Gasteiger partial charge in [-0.1, -0.05) is 0 Å². The zero-order valence-corrected chi connectivity index (χ0v) is 14.2. The zero-order chi connectivity index (χ0) is 20.5. The minimum atomic E-state index is -4.59. The van der Waals surface area contributed by atoms with Gasteiger partial charge in [-0.25, -0.2) is 5.43 Å². The maximum Gasteiger partial charge on any atom is 0.435 e. The van der Waals surface area contributed by atoms with Crippen molar-refractivity contribution in [1.82, 2.24) is 25.0 Å². The maximum absolute atomic E-state index is 13.0. The summed E-state index contributed by atoms with van der Waals surface area (Å²) in [4.78, 5) is 11.9. The van der Waals surface area contributed by atoms with Crippen molar-refractivity contribution in [2.75, 3.05) is 0 Å². The number of nitrogens with one attached hydrogen (secondary N) is 1. The molecule has 1 aliphatic carbocycles. The molecule has 7 nitrogen and oxygen atoms in total. The Balaban J connectivity index is 1.60. The lowest BCUT2D eigenvalue weighted by atomic mass is 10.2. The number of carbonyl (C=O) groups is 1. The van der Waals surface area contributed by atoms with Crippen molar-refractivity contribution in [3.63, 3.8) is 0 Å². The van der Waals surface area contributed by atoms with E-state index < -0.39 is 37.0 Å². The molecule has 2 aromatic rings. The van der Waals surface area contributed by atoms with Crippen LogP contribution in [0.2, 0.25) is 0 Å². The van der Waals surface area contributed by atoms with Crippen molar-refractivity contribution in [2.24, 2.45) is 5.10 Å². The number of hydrogen-bond donors (Lipinski definition) is 1. The summed E-state index contributed by atoms with van der Waals surface area (Å²) in [7, 11) is 0. The third-order valence-corrected chi connectivity index (χ3v) is 3.96. The van der Waals surface area contributed by atoms with Gasteiger partial charge in [0.05, 0.1) is 6.21 Å². The fraction of sp³-hybridized carbons (Fsp3) is 0.467. The van der Waals surface area contributed by atoms with E-state index in [0.717, 1.165) is 17.1 Å². The summed E-state index contributed by atoms with van der Waals surface area (Å²) in [5.74, 6) is -0.725. The quantitative estimate of drug-likeness (QED) is 0.469. The Hall–Kier alpha value is -2.86. The SMILES string of the molecule is O=C(Cn1nc(C(F)(F)F)c2c1CCC2)N/N=C/c1ccn(CC(F)(F)F)n1. The highest BCUT2D eigenvalue weighted by Crippen LogP contribution is 2.36. The highest BCUT2D eigenvalue weighted by Gasteiger charge is 2.40. The summed E-state index contributed by atoms with van der Waals surface area (Å²) in [5.41, 5.74) is 1.67. The standard InChI is InChI=1S/C15H14F6N6O/c16-14(17,18)8-26-5-4-9(24-26)6-22-23-12(28)7-27-11-3-1-2-10(11)13(25-27)15(19,20)21/h4-6H,1-3,7-8H2,(H,23,28)/b22-6+. The molecule has 0 aromatic carbocycles. The number of fused-ring (bicyclic) bond motifs is 1. The Morgan fingerprint density at radius 1 is 1.21 bits per heavy atom. The lowest BCUT2D eigenvalue weighted by Gasteiger charge is -2.05. The third kappa shape index (κ3) is 4.70. The Bertz CT molecular complexity index is 894. The van der Waals surface area contributed by atoms with Crippen molar-refractivity contribution in [1.29, 1.82) is 0 Å². The van der Waals surface area contributed by atoms with E-state index in [1.165, 1.54) is 6.07 Å². The lowest BCUT2D eigenvalue weighted by molar-refractivity contribution is -0.143. The summed E-state index contributed by atoms with van der Waals surface area (Å²) < 4.78 is 77.5. The van der Waals surface area contributed by atoms with Gasteiger partial charge in [0.25, 0.3) is 5.91 Å². The number of aromatic nitrogens is 4. The molecule has 2 aromatic heterocycles. The first kappa shape index (κ1) is 19.9. The van der Waals surface area contributed by atoms with Gasteiger partial charge in [-0.05, 0) is 25.3 Å². The van der Waals surface area contributed by atoms with E-state index >= 15 is 0 Å². The van der Waals surface area contributed by atoms with Crippen molar-refractivity contribution in [3.8, 4) is 0 Å². The van der Waals surface area contributed by atoms with E-state index in [2.05, 4.69) is 20.7 Å². The topological polar surface area (TPSA) is 77.1 Å². The first-order valence-corrected chi connectivity index (χ1v) is 8.11. The molecule has 0 unspecified atom stereocenters. The predicted octanol–water partition coefficient (Wildman–Crippen LogP) is 2.30. The summed E-state index contributed by atoms with van der Waals surface area (Å²) >= 11 is 0. The van der Waals surface area contributed by atoms with Crippen LogP contribution < -0.4 is 5.43 Å². The molecular weight excluding hydrogens is 394 g/mol. The molecule has 0 fully saturated rings. The van der Waals surface area contributed by atoms with Crippen molar-refractivity contribution < 1.29 is 31.1 Å². The molecule has 3 rings (SSSR count). The normalized spacial score (nSPS) is 14.6. The first-order chi connectivity index (χ1) is 13.0. The smallest absolute Gasteiger partial charge is 0.271 e. The van der Waals surface area contributed by atoms with Crippen LogP contribution in [0.4, 0.5) is 26.3 Å². The van der Waals surface area contributed by atoms with Crippen LogP contribution in [0.25, 0.3) is 0 Å². The number of nitrogens with zero attached hydrogens (tertiary/aromatic N) is 5. The molecule has 13 heteroatoms. The average Bonchev–Trinajstić information content (AvgIpc) is 3.23. The van der Waals surface area contributed by atoms with Gasteiger partial charge in [0.15, 0.2) is 5.69 Å². The fourth-order valence-electron chi connectivity index (χ4n) is 2.93. The number of halogens is 6. The molecule has 0 aliphatic heterocycles. The second kappa shape index (κ2) is 7.28. The van der Waals surface area contributed by atoms with Crippen LogP contribution in [0.1, 0.15) is 29.1 Å². The van der Waals surface area contributed by atoms with Gasteiger partial charge in [-0.15, -0.1) is 0 Å². The number of hydrogen-bond acceptors (Lipinski definition) is 4. The predicted molar refractivity (Wildman–Crippen MR) is 83.3 cm³/mol. The molecule has 0 bridgehead atoms. The largest absolute Gasteiger partial charge is 0.435 e. The van der Waals surface area contributed by atoms with Gasteiger partial charge in [0, 0.05) is 17.5 Å². The van der Waals surface area contributed by atoms with E-state index in [1.54, 1.807) is 0 Å². The maximum atomic E-state index is 13.0. The second-order valence-corrected chi connectivity index (χ2v) is 6.13. The van der Waals surface area contributed by atoms with E-state index in [-0.39, 0.29) is 17.7 Å². The average molecular weight is 408 g/mol. The van der Waals surface area contributed by atoms with Gasteiger partial charge in [-0.2, -0.15) is 41.6 Å². The number of alkyl halides is 6. The molecule has 0 saturated carbocycles. The molecule has 1 N–H and O–H groups in total. The van der Waals surface area contributed by atoms with Crippen molar-refractivity contribution in [3.05, 3.63) is 34.9 Å². The molecule has 2 heterocycles. The summed E-state index contributed by atoms with van der Waals surface area (Å²) in [6, 6.07) is 1.26. The van der Waals surface area contributed by atoms with Crippen molar-refractivity contribution >= 4 is 12.1 Å². The summed E-state index contributed by atoms with van der Waals surface area (Å²) in [5, 5.41) is 10.7. The molecular formula is C15H14F6N6O. The number of hydrazone groups is 1. The Kier molecular flexibility index (Phi) is 5.17. The zero-order valence-electron chi connectivity index (χ0n) is 14.2. The second-order valence-electron chi connectivity index (χ2n) is 6.13. The van der Waals surface area contributed by atoms with Crippen LogP contribution >= 0.6 is 0 Å². The van der Waals surface area contributed by atoms with Crippen LogP contribution in [-0.4, -0.2) is 37.9 Å². The fourth-order valence-corrected chi connectivity index (χ4v) is 2.93. The summed E-state index contributed by atoms with van der Waals surface area (Å²) in [6.45, 7) is -1.72. The molecule has 0 saturated heterocycles. The van der Waals surface area contributed by atoms with E-state index in [1.807, 2.05) is 0 Å². The number of rotatable bonds is 5. The monoisotopic (exact) mass is 408 g/mol. The number of carbonyl (C=O) groups excluding carboxylic acids is 1. The van der Waals surface area contributed by atoms with E-state index in [0.29, 0.717) is 23.2 Å². The molecule has 0 spiro atoms. The van der Waals surface area contributed by atoms with Crippen LogP contribution in [0, 0.1) is 0 Å². The van der Waals surface area contributed by atoms with Crippen LogP contribution in [0.5, 0.6) is 0 Å². The molecule has 152 valence electrons. The number of amides is 1. The molecule has 1 aliphatic rings. The Labute approximate surface area is 154 Å². The van der Waals surface area contributed by atoms with E-state index in [9.17, 15) is 31.1 Å². The van der Waals surface area contributed by atoms with E-state index in [4.69, 9.17) is 0 Å². The van der Waals surface area contributed by atoms with Crippen LogP contribution in [-0.2, 0) is 36.9 Å². The van der Waals surface area contributed by atoms with Crippen molar-refractivity contribution in [2.45, 2.75) is 44.7 Å². The molecule has 1 amide bonds. The van der Waals surface area contributed by atoms with Gasteiger partial charge in [-0.3, -0.25) is 14.2 Å². The van der Waals surface area contributed by atoms with Gasteiger partial charge < -0.3 is 0 Å². The third-order valence-electron chi connectivity index (χ3n) is 3.96. The minimum Gasteiger partial charge on any atom is -0.271 e. The highest BCUT2D eigenvalue weighted by atomic mass is 19.4. The minimum absolute atomic E-state index is 0.0730. The van der Waals surface area contributed by atoms with Gasteiger partial charge >= 0.3 is 12.4 Å². The Morgan fingerprint density at radius 3 is 2.64 bits per heavy atom. The molecule has 28 heavy (non-hydrogen) atoms. The molecule has 0 radical (unpaired) electrons. The molecule has 0 atom stereocenters. The highest BCUT2D eigenvalue weighted by molar-refractivity contribution is 5.80.